The number of benzene rings is 1. The molecule has 0 radical (unpaired) electrons. The van der Waals surface area contributed by atoms with Crippen molar-refractivity contribution >= 4 is 23.3 Å². The van der Waals surface area contributed by atoms with Gasteiger partial charge >= 0.3 is 0 Å². The van der Waals surface area contributed by atoms with Crippen LogP contribution in [0.25, 0.3) is 0 Å². The Bertz CT molecular complexity index is 542. The minimum Gasteiger partial charge on any atom is -0.409 e. The largest absolute Gasteiger partial charge is 0.409 e. The number of nitrogens with two attached hydrogens (primary N) is 1. The van der Waals surface area contributed by atoms with Crippen molar-refractivity contribution < 1.29 is 14.4 Å². The summed E-state index contributed by atoms with van der Waals surface area (Å²) < 4.78 is 13.8. The van der Waals surface area contributed by atoms with Gasteiger partial charge < -0.3 is 15.8 Å². The zero-order valence-corrected chi connectivity index (χ0v) is 11.5. The molecule has 7 heteroatoms. The fourth-order valence-electron chi connectivity index (χ4n) is 2.30. The van der Waals surface area contributed by atoms with Crippen LogP contribution in [0.15, 0.2) is 23.4 Å². The number of oxime groups is 1. The summed E-state index contributed by atoms with van der Waals surface area (Å²) in [5.74, 6) is -0.958. The lowest BCUT2D eigenvalue weighted by Gasteiger charge is -2.31. The monoisotopic (exact) mass is 299 g/mol. The van der Waals surface area contributed by atoms with Crippen LogP contribution in [0.4, 0.5) is 4.39 Å². The summed E-state index contributed by atoms with van der Waals surface area (Å²) in [6, 6.07) is 4.36. The number of amides is 1. The van der Waals surface area contributed by atoms with Crippen molar-refractivity contribution in [1.82, 2.24) is 4.90 Å². The van der Waals surface area contributed by atoms with Crippen LogP contribution in [0.3, 0.4) is 0 Å². The van der Waals surface area contributed by atoms with Crippen molar-refractivity contribution in [2.45, 2.75) is 12.8 Å². The predicted octanol–water partition coefficient (Wildman–Crippen LogP) is 2.08. The molecule has 1 fully saturated rings. The van der Waals surface area contributed by atoms with E-state index >= 15 is 0 Å². The van der Waals surface area contributed by atoms with E-state index in [4.69, 9.17) is 22.5 Å². The minimum atomic E-state index is -0.697. The summed E-state index contributed by atoms with van der Waals surface area (Å²) >= 11 is 5.67. The number of hydrogen-bond donors (Lipinski definition) is 2. The third-order valence-electron chi connectivity index (χ3n) is 3.50. The number of halogens is 2. The van der Waals surface area contributed by atoms with Crippen molar-refractivity contribution in [3.63, 3.8) is 0 Å². The van der Waals surface area contributed by atoms with E-state index in [-0.39, 0.29) is 28.2 Å². The molecule has 108 valence electrons. The van der Waals surface area contributed by atoms with E-state index in [0.29, 0.717) is 25.9 Å². The van der Waals surface area contributed by atoms with Gasteiger partial charge in [0.05, 0.1) is 10.6 Å². The third kappa shape index (κ3) is 2.85. The highest BCUT2D eigenvalue weighted by molar-refractivity contribution is 6.31. The van der Waals surface area contributed by atoms with Crippen LogP contribution in [0, 0.1) is 11.7 Å². The van der Waals surface area contributed by atoms with Gasteiger partial charge in [0, 0.05) is 19.0 Å². The molecule has 1 heterocycles. The smallest absolute Gasteiger partial charge is 0.256 e. The van der Waals surface area contributed by atoms with Crippen molar-refractivity contribution in [3.8, 4) is 0 Å². The zero-order valence-electron chi connectivity index (χ0n) is 10.7. The first-order chi connectivity index (χ1) is 9.54. The van der Waals surface area contributed by atoms with Gasteiger partial charge in [-0.05, 0) is 25.0 Å². The molecular weight excluding hydrogens is 285 g/mol. The van der Waals surface area contributed by atoms with Crippen LogP contribution in [0.5, 0.6) is 0 Å². The van der Waals surface area contributed by atoms with Crippen molar-refractivity contribution in [2.24, 2.45) is 16.8 Å². The van der Waals surface area contributed by atoms with E-state index < -0.39 is 5.82 Å². The van der Waals surface area contributed by atoms with Crippen LogP contribution >= 0.6 is 11.6 Å². The summed E-state index contributed by atoms with van der Waals surface area (Å²) in [6.07, 6.45) is 1.17. The van der Waals surface area contributed by atoms with Crippen LogP contribution in [0.2, 0.25) is 5.02 Å². The average molecular weight is 300 g/mol. The van der Waals surface area contributed by atoms with Crippen LogP contribution < -0.4 is 5.73 Å². The van der Waals surface area contributed by atoms with E-state index in [1.54, 1.807) is 11.0 Å². The van der Waals surface area contributed by atoms with Gasteiger partial charge in [-0.3, -0.25) is 4.79 Å². The highest BCUT2D eigenvalue weighted by Gasteiger charge is 2.27. The Morgan fingerprint density at radius 3 is 2.70 bits per heavy atom. The number of carbonyl (C=O) groups excluding carboxylic acids is 1. The number of rotatable bonds is 2. The van der Waals surface area contributed by atoms with Gasteiger partial charge in [0.15, 0.2) is 5.82 Å². The second-order valence-electron chi connectivity index (χ2n) is 4.69. The number of piperidine rings is 1. The lowest BCUT2D eigenvalue weighted by Crippen LogP contribution is -2.42. The first-order valence-corrected chi connectivity index (χ1v) is 6.63. The fraction of sp³-hybridized carbons (Fsp3) is 0.385. The SMILES string of the molecule is N/C(=N/O)C1CCN(C(=O)c2cccc(Cl)c2F)CC1. The van der Waals surface area contributed by atoms with Gasteiger partial charge in [-0.25, -0.2) is 4.39 Å². The first-order valence-electron chi connectivity index (χ1n) is 6.25. The molecule has 0 bridgehead atoms. The molecule has 5 nitrogen and oxygen atoms in total. The van der Waals surface area contributed by atoms with E-state index in [9.17, 15) is 9.18 Å². The maximum absolute atomic E-state index is 13.8. The molecule has 0 unspecified atom stereocenters. The fourth-order valence-corrected chi connectivity index (χ4v) is 2.47. The van der Waals surface area contributed by atoms with E-state index in [1.165, 1.54) is 12.1 Å². The Morgan fingerprint density at radius 2 is 2.10 bits per heavy atom. The summed E-state index contributed by atoms with van der Waals surface area (Å²) in [5.41, 5.74) is 5.52. The molecule has 1 aromatic carbocycles. The Morgan fingerprint density at radius 1 is 1.45 bits per heavy atom. The molecule has 1 amide bonds. The lowest BCUT2D eigenvalue weighted by molar-refractivity contribution is 0.0704. The summed E-state index contributed by atoms with van der Waals surface area (Å²) in [5, 5.41) is 11.5. The molecule has 0 saturated carbocycles. The van der Waals surface area contributed by atoms with Crippen molar-refractivity contribution in [3.05, 3.63) is 34.6 Å². The molecule has 20 heavy (non-hydrogen) atoms. The van der Waals surface area contributed by atoms with Gasteiger partial charge in [-0.2, -0.15) is 0 Å². The van der Waals surface area contributed by atoms with Gasteiger partial charge in [0.2, 0.25) is 0 Å². The quantitative estimate of drug-likeness (QED) is 0.380. The highest BCUT2D eigenvalue weighted by atomic mass is 35.5. The number of likely N-dealkylation sites (tertiary alicyclic amines) is 1. The van der Waals surface area contributed by atoms with Crippen molar-refractivity contribution in [1.29, 1.82) is 0 Å². The second-order valence-corrected chi connectivity index (χ2v) is 5.10. The summed E-state index contributed by atoms with van der Waals surface area (Å²) in [4.78, 5) is 13.8. The molecule has 0 aliphatic carbocycles. The van der Waals surface area contributed by atoms with Gasteiger partial charge in [-0.1, -0.05) is 22.8 Å². The number of hydrogen-bond acceptors (Lipinski definition) is 3. The summed E-state index contributed by atoms with van der Waals surface area (Å²) in [7, 11) is 0. The Kier molecular flexibility index (Phi) is 4.44. The Labute approximate surface area is 120 Å². The van der Waals surface area contributed by atoms with Crippen LogP contribution in [-0.2, 0) is 0 Å². The molecule has 1 aromatic rings. The average Bonchev–Trinajstić information content (AvgIpc) is 2.48. The number of nitrogens with zero attached hydrogens (tertiary/aromatic N) is 2. The molecule has 0 aromatic heterocycles. The maximum atomic E-state index is 13.8. The Balaban J connectivity index is 2.07. The topological polar surface area (TPSA) is 78.9 Å². The zero-order chi connectivity index (χ0) is 14.7. The number of carbonyl (C=O) groups is 1. The van der Waals surface area contributed by atoms with Crippen molar-refractivity contribution in [2.75, 3.05) is 13.1 Å². The lowest BCUT2D eigenvalue weighted by atomic mass is 9.95. The molecule has 1 aliphatic heterocycles. The third-order valence-corrected chi connectivity index (χ3v) is 3.79. The molecule has 1 aliphatic rings. The molecule has 2 rings (SSSR count). The van der Waals surface area contributed by atoms with E-state index in [0.717, 1.165) is 0 Å². The molecule has 0 atom stereocenters. The Hall–Kier alpha value is -1.82. The molecule has 0 spiro atoms. The van der Waals surface area contributed by atoms with E-state index in [2.05, 4.69) is 5.16 Å². The van der Waals surface area contributed by atoms with Crippen LogP contribution in [0.1, 0.15) is 23.2 Å². The maximum Gasteiger partial charge on any atom is 0.256 e. The summed E-state index contributed by atoms with van der Waals surface area (Å²) in [6.45, 7) is 0.872. The van der Waals surface area contributed by atoms with Crippen LogP contribution in [-0.4, -0.2) is 34.9 Å². The van der Waals surface area contributed by atoms with E-state index in [1.807, 2.05) is 0 Å². The predicted molar refractivity (Wildman–Crippen MR) is 73.4 cm³/mol. The minimum absolute atomic E-state index is 0.0280. The molecule has 3 N–H and O–H groups in total. The van der Waals surface area contributed by atoms with Gasteiger partial charge in [0.1, 0.15) is 5.84 Å². The standard InChI is InChI=1S/C13H15ClFN3O2/c14-10-3-1-2-9(11(10)15)13(19)18-6-4-8(5-7-18)12(16)17-20/h1-3,8,20H,4-7H2,(H2,16,17). The normalized spacial score (nSPS) is 17.3. The second kappa shape index (κ2) is 6.09. The number of amidine groups is 1. The van der Waals surface area contributed by atoms with Gasteiger partial charge in [-0.15, -0.1) is 0 Å². The highest BCUT2D eigenvalue weighted by Crippen LogP contribution is 2.23. The molecule has 1 saturated heterocycles. The first kappa shape index (κ1) is 14.6. The molecular formula is C13H15ClFN3O2. The van der Waals surface area contributed by atoms with Gasteiger partial charge in [0.25, 0.3) is 5.91 Å².